The van der Waals surface area contributed by atoms with Crippen molar-refractivity contribution in [1.29, 1.82) is 0 Å². The molecule has 1 rings (SSSR count). The van der Waals surface area contributed by atoms with E-state index in [4.69, 9.17) is 0 Å². The molecule has 0 amide bonds. The van der Waals surface area contributed by atoms with Crippen molar-refractivity contribution in [1.82, 2.24) is 0 Å². The van der Waals surface area contributed by atoms with Crippen LogP contribution in [-0.4, -0.2) is 40.8 Å². The molecular formula is C23H34O5. The quantitative estimate of drug-likeness (QED) is 0.319. The standard InChI is InChI=1S/C23H34O5/c1-5-17(2)16-23(3,27)14-10-12-19-18(20(24)15-21(19)25)11-8-6-7-9-13-22(26)28-4/h5-7,10,12,16,18-19,21,25,27H,1,8-9,11,13-15H2,2-4H3/b7-6-,12-10+,17-16+/t18-,19-,21-,23-/m1/s1. The highest BCUT2D eigenvalue weighted by molar-refractivity contribution is 5.84. The fourth-order valence-corrected chi connectivity index (χ4v) is 3.48. The Morgan fingerprint density at radius 2 is 2.00 bits per heavy atom. The van der Waals surface area contributed by atoms with E-state index >= 15 is 0 Å². The highest BCUT2D eigenvalue weighted by atomic mass is 16.5. The van der Waals surface area contributed by atoms with Crippen molar-refractivity contribution in [3.63, 3.8) is 0 Å². The maximum Gasteiger partial charge on any atom is 0.305 e. The number of methoxy groups -OCH3 is 1. The predicted octanol–water partition coefficient (Wildman–Crippen LogP) is 3.67. The van der Waals surface area contributed by atoms with Crippen LogP contribution in [0, 0.1) is 11.8 Å². The molecule has 0 aromatic carbocycles. The van der Waals surface area contributed by atoms with Crippen LogP contribution in [0.4, 0.5) is 0 Å². The topological polar surface area (TPSA) is 83.8 Å². The summed E-state index contributed by atoms with van der Waals surface area (Å²) >= 11 is 0. The first-order chi connectivity index (χ1) is 13.2. The van der Waals surface area contributed by atoms with Crippen molar-refractivity contribution >= 4 is 11.8 Å². The Morgan fingerprint density at radius 3 is 2.64 bits per heavy atom. The maximum atomic E-state index is 12.2. The Hall–Kier alpha value is -1.98. The molecular weight excluding hydrogens is 356 g/mol. The van der Waals surface area contributed by atoms with Crippen LogP contribution >= 0.6 is 0 Å². The Kier molecular flexibility index (Phi) is 10.1. The van der Waals surface area contributed by atoms with Gasteiger partial charge < -0.3 is 14.9 Å². The fourth-order valence-electron chi connectivity index (χ4n) is 3.48. The van der Waals surface area contributed by atoms with E-state index < -0.39 is 11.7 Å². The first kappa shape index (κ1) is 24.1. The number of carbonyl (C=O) groups is 2. The van der Waals surface area contributed by atoms with E-state index in [2.05, 4.69) is 11.3 Å². The number of carbonyl (C=O) groups excluding carboxylic acids is 2. The SMILES string of the molecule is C=C/C(C)=C/[C@](C)(O)C/C=C/[C@H]1[C@H](O)CC(=O)[C@@H]1CC/C=C\CCC(=O)OC. The number of ketones is 1. The maximum absolute atomic E-state index is 12.2. The lowest BCUT2D eigenvalue weighted by molar-refractivity contribution is -0.140. The van der Waals surface area contributed by atoms with Gasteiger partial charge in [-0.3, -0.25) is 9.59 Å². The van der Waals surface area contributed by atoms with Crippen LogP contribution < -0.4 is 0 Å². The molecule has 0 heterocycles. The van der Waals surface area contributed by atoms with Crippen LogP contribution in [0.15, 0.2) is 48.6 Å². The third kappa shape index (κ3) is 8.36. The lowest BCUT2D eigenvalue weighted by Gasteiger charge is -2.20. The molecule has 156 valence electrons. The van der Waals surface area contributed by atoms with Gasteiger partial charge in [-0.05, 0) is 39.5 Å². The zero-order valence-electron chi connectivity index (χ0n) is 17.3. The van der Waals surface area contributed by atoms with Crippen molar-refractivity contribution in [3.8, 4) is 0 Å². The summed E-state index contributed by atoms with van der Waals surface area (Å²) in [6.07, 6.45) is 13.3. The van der Waals surface area contributed by atoms with Crippen LogP contribution in [0.25, 0.3) is 0 Å². The molecule has 2 N–H and O–H groups in total. The second kappa shape index (κ2) is 11.8. The molecule has 0 aromatic rings. The number of aliphatic hydroxyl groups is 2. The third-order valence-corrected chi connectivity index (χ3v) is 5.04. The molecule has 0 aromatic heterocycles. The number of Topliss-reactive ketones (excluding diaryl/α,β-unsaturated/α-hetero) is 1. The first-order valence-electron chi connectivity index (χ1n) is 9.83. The van der Waals surface area contributed by atoms with Gasteiger partial charge in [0, 0.05) is 24.7 Å². The number of hydrogen-bond donors (Lipinski definition) is 2. The molecule has 0 bridgehead atoms. The second-order valence-corrected chi connectivity index (χ2v) is 7.67. The minimum Gasteiger partial charge on any atom is -0.469 e. The summed E-state index contributed by atoms with van der Waals surface area (Å²) in [5.41, 5.74) is -0.105. The van der Waals surface area contributed by atoms with Crippen molar-refractivity contribution in [3.05, 3.63) is 48.6 Å². The molecule has 5 nitrogen and oxygen atoms in total. The number of rotatable bonds is 11. The predicted molar refractivity (Wildman–Crippen MR) is 111 cm³/mol. The van der Waals surface area contributed by atoms with E-state index in [0.717, 1.165) is 5.57 Å². The van der Waals surface area contributed by atoms with Crippen LogP contribution in [0.5, 0.6) is 0 Å². The highest BCUT2D eigenvalue weighted by Gasteiger charge is 2.39. The Bertz CT molecular complexity index is 627. The van der Waals surface area contributed by atoms with Crippen LogP contribution in [0.2, 0.25) is 0 Å². The molecule has 1 aliphatic carbocycles. The van der Waals surface area contributed by atoms with E-state index in [1.54, 1.807) is 19.1 Å². The van der Waals surface area contributed by atoms with E-state index in [0.29, 0.717) is 32.1 Å². The number of allylic oxidation sites excluding steroid dienone is 4. The Balaban J connectivity index is 2.59. The molecule has 0 spiro atoms. The van der Waals surface area contributed by atoms with Crippen LogP contribution in [0.3, 0.4) is 0 Å². The normalized spacial score (nSPS) is 25.4. The number of hydrogen-bond acceptors (Lipinski definition) is 5. The number of esters is 1. The van der Waals surface area contributed by atoms with Gasteiger partial charge in [0.15, 0.2) is 0 Å². The smallest absolute Gasteiger partial charge is 0.305 e. The van der Waals surface area contributed by atoms with Gasteiger partial charge in [-0.15, -0.1) is 0 Å². The molecule has 0 unspecified atom stereocenters. The lowest BCUT2D eigenvalue weighted by atomic mass is 9.88. The van der Waals surface area contributed by atoms with Gasteiger partial charge in [0.05, 0.1) is 18.8 Å². The van der Waals surface area contributed by atoms with Crippen LogP contribution in [0.1, 0.15) is 52.4 Å². The zero-order chi connectivity index (χ0) is 21.2. The Labute approximate surface area is 168 Å². The minimum absolute atomic E-state index is 0.0827. The highest BCUT2D eigenvalue weighted by Crippen LogP contribution is 2.34. The van der Waals surface area contributed by atoms with Gasteiger partial charge in [0.2, 0.25) is 0 Å². The Morgan fingerprint density at radius 1 is 1.32 bits per heavy atom. The van der Waals surface area contributed by atoms with Crippen molar-refractivity contribution in [2.45, 2.75) is 64.1 Å². The third-order valence-electron chi connectivity index (χ3n) is 5.04. The molecule has 4 atom stereocenters. The van der Waals surface area contributed by atoms with Gasteiger partial charge in [-0.2, -0.15) is 0 Å². The van der Waals surface area contributed by atoms with Gasteiger partial charge >= 0.3 is 5.97 Å². The minimum atomic E-state index is -1.000. The molecule has 1 saturated carbocycles. The largest absolute Gasteiger partial charge is 0.469 e. The first-order valence-corrected chi connectivity index (χ1v) is 9.83. The lowest BCUT2D eigenvalue weighted by Crippen LogP contribution is -2.21. The van der Waals surface area contributed by atoms with Gasteiger partial charge in [0.25, 0.3) is 0 Å². The number of ether oxygens (including phenoxy) is 1. The summed E-state index contributed by atoms with van der Waals surface area (Å²) in [6, 6.07) is 0. The van der Waals surface area contributed by atoms with E-state index in [1.807, 2.05) is 31.2 Å². The number of aliphatic hydroxyl groups excluding tert-OH is 1. The van der Waals surface area contributed by atoms with Gasteiger partial charge in [0.1, 0.15) is 5.78 Å². The monoisotopic (exact) mass is 390 g/mol. The molecule has 0 aliphatic heterocycles. The van der Waals surface area contributed by atoms with Crippen molar-refractivity contribution in [2.75, 3.05) is 7.11 Å². The van der Waals surface area contributed by atoms with Crippen molar-refractivity contribution in [2.24, 2.45) is 11.8 Å². The summed E-state index contributed by atoms with van der Waals surface area (Å²) in [5.74, 6) is -0.597. The van der Waals surface area contributed by atoms with E-state index in [9.17, 15) is 19.8 Å². The molecule has 0 radical (unpaired) electrons. The van der Waals surface area contributed by atoms with Crippen molar-refractivity contribution < 1.29 is 24.5 Å². The average Bonchev–Trinajstić information content (AvgIpc) is 2.90. The van der Waals surface area contributed by atoms with Gasteiger partial charge in [-0.1, -0.05) is 48.6 Å². The summed E-state index contributed by atoms with van der Waals surface area (Å²) in [6.45, 7) is 7.27. The second-order valence-electron chi connectivity index (χ2n) is 7.67. The molecule has 1 aliphatic rings. The average molecular weight is 391 g/mol. The molecule has 0 saturated heterocycles. The molecule has 1 fully saturated rings. The summed E-state index contributed by atoms with van der Waals surface area (Å²) in [7, 11) is 1.37. The summed E-state index contributed by atoms with van der Waals surface area (Å²) < 4.78 is 4.59. The molecule has 28 heavy (non-hydrogen) atoms. The summed E-state index contributed by atoms with van der Waals surface area (Å²) in [5, 5.41) is 20.7. The van der Waals surface area contributed by atoms with E-state index in [1.165, 1.54) is 7.11 Å². The van der Waals surface area contributed by atoms with Crippen LogP contribution in [-0.2, 0) is 14.3 Å². The fraction of sp³-hybridized carbons (Fsp3) is 0.565. The molecule has 5 heteroatoms. The zero-order valence-corrected chi connectivity index (χ0v) is 17.3. The van der Waals surface area contributed by atoms with Gasteiger partial charge in [-0.25, -0.2) is 0 Å². The van der Waals surface area contributed by atoms with E-state index in [-0.39, 0.29) is 30.0 Å². The summed E-state index contributed by atoms with van der Waals surface area (Å²) in [4.78, 5) is 23.3.